The van der Waals surface area contributed by atoms with Crippen LogP contribution in [0.3, 0.4) is 0 Å². The van der Waals surface area contributed by atoms with Crippen molar-refractivity contribution in [2.75, 3.05) is 23.8 Å². The lowest BCUT2D eigenvalue weighted by molar-refractivity contribution is -0.116. The third-order valence-corrected chi connectivity index (χ3v) is 6.47. The van der Waals surface area contributed by atoms with E-state index in [0.29, 0.717) is 42.8 Å². The molecule has 41 heavy (non-hydrogen) atoms. The van der Waals surface area contributed by atoms with Gasteiger partial charge in [0.05, 0.1) is 37.9 Å². The van der Waals surface area contributed by atoms with Gasteiger partial charge in [0.15, 0.2) is 11.6 Å². The van der Waals surface area contributed by atoms with Crippen molar-refractivity contribution in [3.05, 3.63) is 95.3 Å². The van der Waals surface area contributed by atoms with Gasteiger partial charge in [0, 0.05) is 6.42 Å². The molecule has 2 aliphatic rings. The number of fused-ring (bicyclic) bond motifs is 13. The molecule has 2 amide bonds. The van der Waals surface area contributed by atoms with E-state index in [2.05, 4.69) is 31.0 Å². The first-order valence-corrected chi connectivity index (χ1v) is 13.8. The second-order valence-electron chi connectivity index (χ2n) is 9.86. The maximum Gasteiger partial charge on any atom is 0.229 e. The van der Waals surface area contributed by atoms with Crippen molar-refractivity contribution in [1.82, 2.24) is 20.4 Å². The molecule has 0 fully saturated rings. The summed E-state index contributed by atoms with van der Waals surface area (Å²) >= 11 is 0. The van der Waals surface area contributed by atoms with E-state index in [1.165, 1.54) is 0 Å². The van der Waals surface area contributed by atoms with Crippen LogP contribution in [0, 0.1) is 0 Å². The Labute approximate surface area is 238 Å². The SMILES string of the molecule is O=C1Cc2cccc(c2)OCCCOc2cccc(c2)CC(=O)Nc2ccc(nn2)CCCCc2cnnc(c2)N1. The zero-order valence-corrected chi connectivity index (χ0v) is 22.7. The molecule has 2 N–H and O–H groups in total. The fraction of sp³-hybridized carbons (Fsp3) is 0.290. The van der Waals surface area contributed by atoms with E-state index in [9.17, 15) is 9.59 Å². The van der Waals surface area contributed by atoms with Crippen LogP contribution in [0.4, 0.5) is 11.6 Å². The van der Waals surface area contributed by atoms with Gasteiger partial charge in [0.1, 0.15) is 11.5 Å². The summed E-state index contributed by atoms with van der Waals surface area (Å²) < 4.78 is 11.7. The minimum absolute atomic E-state index is 0.171. The molecule has 0 atom stereocenters. The Hall–Kier alpha value is -4.86. The number of aromatic nitrogens is 4. The number of anilines is 2. The predicted molar refractivity (Wildman–Crippen MR) is 154 cm³/mol. The van der Waals surface area contributed by atoms with Crippen molar-refractivity contribution >= 4 is 23.5 Å². The number of carbonyl (C=O) groups excluding carboxylic acids is 2. The molecule has 8 bridgehead atoms. The van der Waals surface area contributed by atoms with Crippen molar-refractivity contribution < 1.29 is 19.1 Å². The van der Waals surface area contributed by atoms with E-state index >= 15 is 0 Å². The molecule has 0 spiro atoms. The molecule has 2 aliphatic heterocycles. The Kier molecular flexibility index (Phi) is 9.44. The van der Waals surface area contributed by atoms with Gasteiger partial charge < -0.3 is 20.1 Å². The molecule has 10 nitrogen and oxygen atoms in total. The molecule has 0 saturated carbocycles. The highest BCUT2D eigenvalue weighted by molar-refractivity contribution is 5.92. The summed E-state index contributed by atoms with van der Waals surface area (Å²) in [6, 6.07) is 20.5. The van der Waals surface area contributed by atoms with Crippen molar-refractivity contribution in [1.29, 1.82) is 0 Å². The Morgan fingerprint density at radius 1 is 0.610 bits per heavy atom. The first-order valence-electron chi connectivity index (χ1n) is 13.8. The molecule has 2 aromatic carbocycles. The number of hydrogen-bond acceptors (Lipinski definition) is 8. The van der Waals surface area contributed by atoms with Crippen LogP contribution in [-0.4, -0.2) is 45.4 Å². The molecule has 0 unspecified atom stereocenters. The van der Waals surface area contributed by atoms with E-state index in [0.717, 1.165) is 48.1 Å². The monoisotopic (exact) mass is 552 g/mol. The fourth-order valence-corrected chi connectivity index (χ4v) is 4.47. The molecule has 0 radical (unpaired) electrons. The molecular formula is C31H32N6O4. The zero-order chi connectivity index (χ0) is 28.3. The number of hydrogen-bond donors (Lipinski definition) is 2. The summed E-state index contributed by atoms with van der Waals surface area (Å²) in [7, 11) is 0. The van der Waals surface area contributed by atoms with Crippen LogP contribution in [0.1, 0.15) is 41.6 Å². The van der Waals surface area contributed by atoms with Crippen LogP contribution in [0.5, 0.6) is 11.5 Å². The van der Waals surface area contributed by atoms with Crippen molar-refractivity contribution in [2.24, 2.45) is 0 Å². The normalized spacial score (nSPS) is 15.3. The Balaban J connectivity index is 1.26. The molecule has 4 heterocycles. The molecular weight excluding hydrogens is 520 g/mol. The average Bonchev–Trinajstić information content (AvgIpc) is 2.96. The summed E-state index contributed by atoms with van der Waals surface area (Å²) in [5.74, 6) is 1.89. The molecule has 4 aromatic rings. The first-order chi connectivity index (χ1) is 20.1. The minimum Gasteiger partial charge on any atom is -0.493 e. The van der Waals surface area contributed by atoms with Gasteiger partial charge in [-0.1, -0.05) is 24.3 Å². The molecule has 0 saturated heterocycles. The third kappa shape index (κ3) is 8.82. The number of amides is 2. The number of nitrogens with one attached hydrogen (secondary N) is 2. The lowest BCUT2D eigenvalue weighted by Crippen LogP contribution is -2.16. The lowest BCUT2D eigenvalue weighted by atomic mass is 10.1. The number of nitrogens with zero attached hydrogens (tertiary/aromatic N) is 4. The zero-order valence-electron chi connectivity index (χ0n) is 22.7. The van der Waals surface area contributed by atoms with E-state index in [1.54, 1.807) is 12.3 Å². The van der Waals surface area contributed by atoms with Gasteiger partial charge in [-0.05, 0) is 84.8 Å². The van der Waals surface area contributed by atoms with Crippen LogP contribution < -0.4 is 20.1 Å². The highest BCUT2D eigenvalue weighted by Gasteiger charge is 2.10. The predicted octanol–water partition coefficient (Wildman–Crippen LogP) is 4.36. The van der Waals surface area contributed by atoms with Gasteiger partial charge in [-0.2, -0.15) is 10.2 Å². The van der Waals surface area contributed by atoms with Gasteiger partial charge in [0.25, 0.3) is 0 Å². The number of ether oxygens (including phenoxy) is 2. The summed E-state index contributed by atoms with van der Waals surface area (Å²) in [4.78, 5) is 25.3. The Morgan fingerprint density at radius 2 is 1.27 bits per heavy atom. The van der Waals surface area contributed by atoms with E-state index in [-0.39, 0.29) is 24.7 Å². The molecule has 10 heteroatoms. The largest absolute Gasteiger partial charge is 0.493 e. The smallest absolute Gasteiger partial charge is 0.229 e. The summed E-state index contributed by atoms with van der Waals surface area (Å²) in [6.07, 6.45) is 6.15. The molecule has 0 aliphatic carbocycles. The van der Waals surface area contributed by atoms with Gasteiger partial charge >= 0.3 is 0 Å². The second kappa shape index (κ2) is 14.0. The second-order valence-corrected chi connectivity index (χ2v) is 9.86. The van der Waals surface area contributed by atoms with E-state index in [4.69, 9.17) is 9.47 Å². The van der Waals surface area contributed by atoms with Crippen molar-refractivity contribution in [3.63, 3.8) is 0 Å². The van der Waals surface area contributed by atoms with Crippen molar-refractivity contribution in [2.45, 2.75) is 44.9 Å². The highest BCUT2D eigenvalue weighted by Crippen LogP contribution is 2.17. The van der Waals surface area contributed by atoms with Crippen LogP contribution in [0.2, 0.25) is 0 Å². The van der Waals surface area contributed by atoms with Crippen molar-refractivity contribution in [3.8, 4) is 11.5 Å². The maximum atomic E-state index is 12.7. The fourth-order valence-electron chi connectivity index (χ4n) is 4.47. The number of benzene rings is 2. The molecule has 6 rings (SSSR count). The minimum atomic E-state index is -0.172. The quantitative estimate of drug-likeness (QED) is 0.329. The van der Waals surface area contributed by atoms with E-state index in [1.807, 2.05) is 60.7 Å². The maximum absolute atomic E-state index is 12.7. The molecule has 2 aromatic heterocycles. The average molecular weight is 553 g/mol. The highest BCUT2D eigenvalue weighted by atomic mass is 16.5. The standard InChI is InChI=1S/C31H32N6O4/c38-30-19-22-7-3-10-26(16-22)40-14-5-15-41-27-11-4-8-23(17-27)20-31(39)34-29-18-24(21-32-36-29)6-1-2-9-25-12-13-28(33-30)37-35-25/h3-4,7-8,10-13,16-18,21H,1-2,5-6,9,14-15,19-20H2,(H,33,37,38)(H,34,36,39). The van der Waals surface area contributed by atoms with Crippen LogP contribution in [0.15, 0.2) is 72.9 Å². The summed E-state index contributed by atoms with van der Waals surface area (Å²) in [5.41, 5.74) is 3.53. The number of rotatable bonds is 0. The van der Waals surface area contributed by atoms with Gasteiger partial charge in [-0.15, -0.1) is 10.2 Å². The van der Waals surface area contributed by atoms with Crippen LogP contribution in [-0.2, 0) is 35.3 Å². The number of carbonyl (C=O) groups is 2. The molecule has 210 valence electrons. The van der Waals surface area contributed by atoms with Gasteiger partial charge in [-0.25, -0.2) is 0 Å². The Morgan fingerprint density at radius 3 is 1.93 bits per heavy atom. The van der Waals surface area contributed by atoms with Gasteiger partial charge in [0.2, 0.25) is 11.8 Å². The van der Waals surface area contributed by atoms with Gasteiger partial charge in [-0.3, -0.25) is 9.59 Å². The van der Waals surface area contributed by atoms with Crippen LogP contribution >= 0.6 is 0 Å². The third-order valence-electron chi connectivity index (χ3n) is 6.47. The summed E-state index contributed by atoms with van der Waals surface area (Å²) in [5, 5.41) is 22.2. The lowest BCUT2D eigenvalue weighted by Gasteiger charge is -2.11. The summed E-state index contributed by atoms with van der Waals surface area (Å²) in [6.45, 7) is 0.916. The van der Waals surface area contributed by atoms with E-state index < -0.39 is 0 Å². The van der Waals surface area contributed by atoms with Crippen LogP contribution in [0.25, 0.3) is 0 Å². The Bertz CT molecular complexity index is 1480. The first kappa shape index (κ1) is 27.7. The topological polar surface area (TPSA) is 128 Å². The number of aryl methyl sites for hydroxylation is 2.